The van der Waals surface area contributed by atoms with E-state index in [1.54, 1.807) is 24.3 Å². The summed E-state index contributed by atoms with van der Waals surface area (Å²) in [5.41, 5.74) is 6.21. The summed E-state index contributed by atoms with van der Waals surface area (Å²) in [4.78, 5) is 0. The highest BCUT2D eigenvalue weighted by molar-refractivity contribution is 6.32. The van der Waals surface area contributed by atoms with Gasteiger partial charge in [-0.1, -0.05) is 29.3 Å². The average Bonchev–Trinajstić information content (AvgIpc) is 2.24. The fraction of sp³-hybridized carbons (Fsp3) is 0. The van der Waals surface area contributed by atoms with Gasteiger partial charge < -0.3 is 10.5 Å². The van der Waals surface area contributed by atoms with Crippen LogP contribution < -0.4 is 10.5 Å². The Hall–Kier alpha value is -1.52. The molecule has 0 aliphatic heterocycles. The summed E-state index contributed by atoms with van der Waals surface area (Å²) in [5, 5.41) is 7.56. The largest absolute Gasteiger partial charge is 0.454 e. The molecule has 0 saturated heterocycles. The van der Waals surface area contributed by atoms with Crippen LogP contribution in [-0.4, -0.2) is 10.2 Å². The van der Waals surface area contributed by atoms with Crippen molar-refractivity contribution < 1.29 is 4.74 Å². The molecule has 0 aliphatic carbocycles. The summed E-state index contributed by atoms with van der Waals surface area (Å²) in [7, 11) is 0. The zero-order valence-corrected chi connectivity index (χ0v) is 9.53. The molecular formula is C10H7Cl2N3O. The minimum atomic E-state index is 0.145. The van der Waals surface area contributed by atoms with Crippen molar-refractivity contribution in [3.8, 4) is 11.5 Å². The van der Waals surface area contributed by atoms with Crippen molar-refractivity contribution in [2.24, 2.45) is 0 Å². The van der Waals surface area contributed by atoms with Crippen LogP contribution in [0.3, 0.4) is 0 Å². The first-order chi connectivity index (χ1) is 7.65. The van der Waals surface area contributed by atoms with E-state index < -0.39 is 0 Å². The van der Waals surface area contributed by atoms with E-state index in [9.17, 15) is 0 Å². The predicted octanol–water partition coefficient (Wildman–Crippen LogP) is 3.16. The second-order valence-corrected chi connectivity index (χ2v) is 3.74. The maximum atomic E-state index is 5.80. The third-order valence-electron chi connectivity index (χ3n) is 1.77. The third-order valence-corrected chi connectivity index (χ3v) is 2.22. The smallest absolute Gasteiger partial charge is 0.194 e. The number of rotatable bonds is 2. The molecule has 0 fully saturated rings. The van der Waals surface area contributed by atoms with Crippen molar-refractivity contribution in [3.05, 3.63) is 40.6 Å². The monoisotopic (exact) mass is 255 g/mol. The van der Waals surface area contributed by atoms with E-state index >= 15 is 0 Å². The lowest BCUT2D eigenvalue weighted by Gasteiger charge is -2.06. The summed E-state index contributed by atoms with van der Waals surface area (Å²) in [6, 6.07) is 8.44. The highest BCUT2D eigenvalue weighted by Crippen LogP contribution is 2.29. The number of hydrogen-bond acceptors (Lipinski definition) is 4. The summed E-state index contributed by atoms with van der Waals surface area (Å²) in [6.07, 6.45) is 0. The van der Waals surface area contributed by atoms with E-state index in [0.29, 0.717) is 17.2 Å². The van der Waals surface area contributed by atoms with E-state index in [2.05, 4.69) is 10.2 Å². The van der Waals surface area contributed by atoms with E-state index in [0.717, 1.165) is 0 Å². The molecule has 0 unspecified atom stereocenters. The number of benzene rings is 1. The Balaban J connectivity index is 2.30. The Morgan fingerprint density at radius 3 is 2.69 bits per heavy atom. The van der Waals surface area contributed by atoms with Crippen LogP contribution in [0.1, 0.15) is 0 Å². The number of nitrogens with two attached hydrogens (primary N) is 1. The third kappa shape index (κ3) is 2.53. The molecule has 0 spiro atoms. The maximum absolute atomic E-state index is 5.80. The van der Waals surface area contributed by atoms with Crippen molar-refractivity contribution >= 4 is 28.9 Å². The fourth-order valence-electron chi connectivity index (χ4n) is 1.11. The van der Waals surface area contributed by atoms with Gasteiger partial charge in [0.05, 0.1) is 0 Å². The molecule has 6 heteroatoms. The van der Waals surface area contributed by atoms with Crippen LogP contribution in [0.5, 0.6) is 11.5 Å². The second-order valence-electron chi connectivity index (χ2n) is 3.00. The van der Waals surface area contributed by atoms with Gasteiger partial charge in [-0.2, -0.15) is 0 Å². The maximum Gasteiger partial charge on any atom is 0.194 e. The van der Waals surface area contributed by atoms with E-state index in [4.69, 9.17) is 33.7 Å². The van der Waals surface area contributed by atoms with Gasteiger partial charge in [-0.3, -0.25) is 0 Å². The summed E-state index contributed by atoms with van der Waals surface area (Å²) >= 11 is 11.5. The second kappa shape index (κ2) is 4.55. The number of hydrogen-bond donors (Lipinski definition) is 1. The molecule has 2 aromatic rings. The number of halogens is 2. The fourth-order valence-corrected chi connectivity index (χ4v) is 1.38. The van der Waals surface area contributed by atoms with Crippen molar-refractivity contribution in [3.63, 3.8) is 0 Å². The normalized spacial score (nSPS) is 10.1. The first-order valence-electron chi connectivity index (χ1n) is 4.37. The Kier molecular flexibility index (Phi) is 3.12. The lowest BCUT2D eigenvalue weighted by molar-refractivity contribution is 0.479. The first-order valence-corrected chi connectivity index (χ1v) is 5.13. The Labute approximate surface area is 102 Å². The van der Waals surface area contributed by atoms with Crippen LogP contribution in [0.2, 0.25) is 10.3 Å². The number of ether oxygens (including phenoxy) is 1. The van der Waals surface area contributed by atoms with E-state index in [1.807, 2.05) is 0 Å². The van der Waals surface area contributed by atoms with Gasteiger partial charge in [0, 0.05) is 17.8 Å². The van der Waals surface area contributed by atoms with Gasteiger partial charge in [-0.15, -0.1) is 10.2 Å². The molecule has 0 amide bonds. The number of anilines is 1. The molecule has 0 aliphatic rings. The quantitative estimate of drug-likeness (QED) is 0.838. The molecule has 0 atom stereocenters. The molecular weight excluding hydrogens is 249 g/mol. The van der Waals surface area contributed by atoms with Gasteiger partial charge in [-0.05, 0) is 12.1 Å². The van der Waals surface area contributed by atoms with Crippen LogP contribution in [0.25, 0.3) is 0 Å². The molecule has 0 saturated carbocycles. The molecule has 2 rings (SSSR count). The first kappa shape index (κ1) is 11.0. The van der Waals surface area contributed by atoms with Crippen molar-refractivity contribution in [1.29, 1.82) is 0 Å². The molecule has 0 bridgehead atoms. The number of nitrogen functional groups attached to an aromatic ring is 1. The Bertz CT molecular complexity index is 519. The SMILES string of the molecule is Nc1cccc(Oc2cc(Cl)nnc2Cl)c1. The topological polar surface area (TPSA) is 61.0 Å². The van der Waals surface area contributed by atoms with E-state index in [-0.39, 0.29) is 10.3 Å². The highest BCUT2D eigenvalue weighted by Gasteiger charge is 2.06. The summed E-state index contributed by atoms with van der Waals surface area (Å²) in [5.74, 6) is 0.901. The van der Waals surface area contributed by atoms with Gasteiger partial charge in [0.25, 0.3) is 0 Å². The molecule has 0 radical (unpaired) electrons. The van der Waals surface area contributed by atoms with Crippen molar-refractivity contribution in [2.45, 2.75) is 0 Å². The van der Waals surface area contributed by atoms with Gasteiger partial charge in [-0.25, -0.2) is 0 Å². The van der Waals surface area contributed by atoms with Crippen molar-refractivity contribution in [2.75, 3.05) is 5.73 Å². The van der Waals surface area contributed by atoms with Gasteiger partial charge >= 0.3 is 0 Å². The molecule has 2 N–H and O–H groups in total. The van der Waals surface area contributed by atoms with Gasteiger partial charge in [0.2, 0.25) is 0 Å². The van der Waals surface area contributed by atoms with Gasteiger partial charge in [0.15, 0.2) is 16.1 Å². The minimum Gasteiger partial charge on any atom is -0.454 e. The van der Waals surface area contributed by atoms with Crippen LogP contribution in [-0.2, 0) is 0 Å². The van der Waals surface area contributed by atoms with Crippen LogP contribution in [0.4, 0.5) is 5.69 Å². The molecule has 82 valence electrons. The molecule has 16 heavy (non-hydrogen) atoms. The highest BCUT2D eigenvalue weighted by atomic mass is 35.5. The summed E-state index contributed by atoms with van der Waals surface area (Å²) < 4.78 is 5.47. The summed E-state index contributed by atoms with van der Waals surface area (Å²) in [6.45, 7) is 0. The van der Waals surface area contributed by atoms with Gasteiger partial charge in [0.1, 0.15) is 5.75 Å². The van der Waals surface area contributed by atoms with Crippen LogP contribution in [0, 0.1) is 0 Å². The standard InChI is InChI=1S/C10H7Cl2N3O/c11-9-5-8(10(12)15-14-9)16-7-3-1-2-6(13)4-7/h1-5H,13H2. The molecule has 1 heterocycles. The predicted molar refractivity (Wildman–Crippen MR) is 63.0 cm³/mol. The lowest BCUT2D eigenvalue weighted by Crippen LogP contribution is -1.91. The zero-order chi connectivity index (χ0) is 11.5. The lowest BCUT2D eigenvalue weighted by atomic mass is 10.3. The van der Waals surface area contributed by atoms with Crippen molar-refractivity contribution in [1.82, 2.24) is 10.2 Å². The van der Waals surface area contributed by atoms with E-state index in [1.165, 1.54) is 6.07 Å². The zero-order valence-electron chi connectivity index (χ0n) is 8.02. The number of nitrogens with zero attached hydrogens (tertiary/aromatic N) is 2. The minimum absolute atomic E-state index is 0.145. The van der Waals surface area contributed by atoms with Crippen LogP contribution in [0.15, 0.2) is 30.3 Å². The van der Waals surface area contributed by atoms with Crippen LogP contribution >= 0.6 is 23.2 Å². The molecule has 1 aromatic heterocycles. The Morgan fingerprint density at radius 2 is 1.94 bits per heavy atom. The number of aromatic nitrogens is 2. The molecule has 1 aromatic carbocycles. The Morgan fingerprint density at radius 1 is 1.12 bits per heavy atom. The average molecular weight is 256 g/mol. The molecule has 4 nitrogen and oxygen atoms in total.